The Hall–Kier alpha value is -6.56. The average Bonchev–Trinajstić information content (AvgIpc) is 3.14. The van der Waals surface area contributed by atoms with E-state index in [1.54, 1.807) is 0 Å². The number of hydrogen-bond donors (Lipinski definition) is 0. The molecule has 12 heteroatoms. The van der Waals surface area contributed by atoms with E-state index in [0.717, 1.165) is 27.7 Å². The van der Waals surface area contributed by atoms with Crippen LogP contribution in [0.4, 0.5) is 0 Å². The van der Waals surface area contributed by atoms with Crippen molar-refractivity contribution in [2.24, 2.45) is 0 Å². The largest absolute Gasteiger partial charge is 0.425 e. The fourth-order valence-corrected chi connectivity index (χ4v) is 7.19. The van der Waals surface area contributed by atoms with Crippen LogP contribution in [0, 0.1) is 0 Å². The maximum atomic E-state index is 15.5. The van der Waals surface area contributed by atoms with Crippen LogP contribution in [-0.2, 0) is 40.8 Å². The number of carbonyl (C=O) groups excluding carboxylic acids is 8. The summed E-state index contributed by atoms with van der Waals surface area (Å²) < 4.78 is 23.2. The lowest BCUT2D eigenvalue weighted by atomic mass is 9.78. The Balaban J connectivity index is 2.23. The van der Waals surface area contributed by atoms with Crippen LogP contribution in [-0.4, -0.2) is 47.0 Å². The Kier molecular flexibility index (Phi) is 12.8. The maximum absolute atomic E-state index is 15.5. The maximum Gasteiger partial charge on any atom is 0.308 e. The van der Waals surface area contributed by atoms with Crippen molar-refractivity contribution in [3.63, 3.8) is 0 Å². The lowest BCUT2D eigenvalue weighted by Crippen LogP contribution is -2.24. The quantitative estimate of drug-likeness (QED) is 0.124. The van der Waals surface area contributed by atoms with Crippen LogP contribution in [0.15, 0.2) is 48.5 Å². The second-order valence-corrected chi connectivity index (χ2v) is 20.3. The second kappa shape index (κ2) is 16.9. The van der Waals surface area contributed by atoms with Gasteiger partial charge in [0.1, 0.15) is 0 Å². The van der Waals surface area contributed by atoms with Gasteiger partial charge in [-0.15, -0.1) is 0 Å². The van der Waals surface area contributed by atoms with Gasteiger partial charge in [0.2, 0.25) is 23.1 Å². The standard InChI is InChI=1S/C52H56O12/c1-25(53)61-45-33-17-29(49(5,6)7)18-34(45)42(58)36-20-31(51(11,12)13)22-38(47(36)63-27(3)55)44(60)40-24-32(52(14,15)16)23-39(48(40)64-28(4)56)43(59)37-21-30(50(8,9)10)19-35(41(33)57)46(37)62-26(2)54/h17-24H,1-16H3. The summed E-state index contributed by atoms with van der Waals surface area (Å²) in [6.07, 6.45) is 0. The van der Waals surface area contributed by atoms with Crippen molar-refractivity contribution in [3.8, 4) is 23.0 Å². The molecule has 0 aliphatic heterocycles. The van der Waals surface area contributed by atoms with Gasteiger partial charge in [0.15, 0.2) is 23.0 Å². The molecule has 0 unspecified atom stereocenters. The van der Waals surface area contributed by atoms with Crippen molar-refractivity contribution in [3.05, 3.63) is 115 Å². The van der Waals surface area contributed by atoms with Crippen molar-refractivity contribution in [1.82, 2.24) is 0 Å². The molecule has 0 fully saturated rings. The van der Waals surface area contributed by atoms with Gasteiger partial charge in [-0.25, -0.2) is 0 Å². The van der Waals surface area contributed by atoms with Gasteiger partial charge < -0.3 is 18.9 Å². The van der Waals surface area contributed by atoms with Crippen LogP contribution < -0.4 is 18.9 Å². The SMILES string of the molecule is CC(=O)Oc1c2cc(C(C)(C)C)cc1C(=O)c1cc(C(C)(C)C)cc(c1OC(C)=O)C(=O)c1cc(C(C)(C)C)cc(c1OC(C)=O)C(=O)c1cc(C(C)(C)C)cc(c1OC(C)=O)C2=O. The Morgan fingerprint density at radius 3 is 0.516 bits per heavy atom. The van der Waals surface area contributed by atoms with Gasteiger partial charge in [0.05, 0.1) is 44.5 Å². The molecule has 1 aliphatic rings. The van der Waals surface area contributed by atoms with E-state index in [-0.39, 0.29) is 44.5 Å². The molecular formula is C52H56O12. The molecule has 4 aromatic rings. The van der Waals surface area contributed by atoms with Crippen LogP contribution in [0.2, 0.25) is 0 Å². The molecule has 64 heavy (non-hydrogen) atoms. The molecule has 4 aromatic carbocycles. The smallest absolute Gasteiger partial charge is 0.308 e. The highest BCUT2D eigenvalue weighted by atomic mass is 16.5. The van der Waals surface area contributed by atoms with Crippen molar-refractivity contribution < 1.29 is 57.3 Å². The summed E-state index contributed by atoms with van der Waals surface area (Å²) in [6.45, 7) is 26.4. The molecule has 0 spiro atoms. The highest BCUT2D eigenvalue weighted by Gasteiger charge is 2.38. The molecule has 0 saturated heterocycles. The molecule has 0 aromatic heterocycles. The van der Waals surface area contributed by atoms with E-state index in [4.69, 9.17) is 18.9 Å². The highest BCUT2D eigenvalue weighted by molar-refractivity contribution is 6.24. The summed E-state index contributed by atoms with van der Waals surface area (Å²) >= 11 is 0. The average molecular weight is 873 g/mol. The zero-order valence-electron chi connectivity index (χ0n) is 39.5. The van der Waals surface area contributed by atoms with Crippen LogP contribution >= 0.6 is 0 Å². The van der Waals surface area contributed by atoms with Crippen LogP contribution in [0.5, 0.6) is 23.0 Å². The van der Waals surface area contributed by atoms with E-state index in [2.05, 4.69) is 0 Å². The zero-order valence-corrected chi connectivity index (χ0v) is 39.5. The minimum Gasteiger partial charge on any atom is -0.425 e. The summed E-state index contributed by atoms with van der Waals surface area (Å²) in [6, 6.07) is 11.7. The highest BCUT2D eigenvalue weighted by Crippen LogP contribution is 2.44. The summed E-state index contributed by atoms with van der Waals surface area (Å²) in [4.78, 5) is 114. The third-order valence-electron chi connectivity index (χ3n) is 10.8. The zero-order chi connectivity index (χ0) is 48.3. The summed E-state index contributed by atoms with van der Waals surface area (Å²) in [7, 11) is 0. The van der Waals surface area contributed by atoms with Gasteiger partial charge in [0.25, 0.3) is 0 Å². The minimum absolute atomic E-state index is 0.300. The predicted octanol–water partition coefficient (Wildman–Crippen LogP) is 9.82. The molecule has 336 valence electrons. The molecule has 5 rings (SSSR count). The van der Waals surface area contributed by atoms with E-state index in [0.29, 0.717) is 22.3 Å². The third kappa shape index (κ3) is 9.81. The molecule has 8 bridgehead atoms. The predicted molar refractivity (Wildman–Crippen MR) is 240 cm³/mol. The van der Waals surface area contributed by atoms with E-state index in [9.17, 15) is 19.2 Å². The van der Waals surface area contributed by atoms with Gasteiger partial charge in [-0.2, -0.15) is 0 Å². The first-order chi connectivity index (χ1) is 29.2. The molecule has 0 saturated carbocycles. The number of benzene rings is 4. The second-order valence-electron chi connectivity index (χ2n) is 20.3. The Bertz CT molecular complexity index is 2240. The molecule has 0 N–H and O–H groups in total. The number of fused-ring (bicyclic) bond motifs is 8. The molecule has 12 nitrogen and oxygen atoms in total. The van der Waals surface area contributed by atoms with Crippen LogP contribution in [0.1, 0.15) is 197 Å². The topological polar surface area (TPSA) is 173 Å². The van der Waals surface area contributed by atoms with Crippen molar-refractivity contribution in [2.45, 2.75) is 132 Å². The van der Waals surface area contributed by atoms with Gasteiger partial charge >= 0.3 is 23.9 Å². The van der Waals surface area contributed by atoms with Crippen molar-refractivity contribution >= 4 is 47.0 Å². The first-order valence-corrected chi connectivity index (χ1v) is 20.9. The summed E-state index contributed by atoms with van der Waals surface area (Å²) in [5.74, 6) is -9.00. The molecule has 1 aliphatic carbocycles. The Morgan fingerprint density at radius 1 is 0.297 bits per heavy atom. The number of rotatable bonds is 4. The number of hydrogen-bond acceptors (Lipinski definition) is 12. The van der Waals surface area contributed by atoms with E-state index >= 15 is 19.2 Å². The van der Waals surface area contributed by atoms with E-state index < -0.39 is 91.7 Å². The van der Waals surface area contributed by atoms with Gasteiger partial charge in [0, 0.05) is 27.7 Å². The van der Waals surface area contributed by atoms with Crippen molar-refractivity contribution in [1.29, 1.82) is 0 Å². The number of carbonyl (C=O) groups is 8. The lowest BCUT2D eigenvalue weighted by molar-refractivity contribution is -0.132. The molecule has 0 radical (unpaired) electrons. The minimum atomic E-state index is -0.897. The Morgan fingerprint density at radius 2 is 0.422 bits per heavy atom. The molecule has 0 heterocycles. The third-order valence-corrected chi connectivity index (χ3v) is 10.8. The van der Waals surface area contributed by atoms with Crippen LogP contribution in [0.25, 0.3) is 0 Å². The van der Waals surface area contributed by atoms with E-state index in [1.165, 1.54) is 48.5 Å². The van der Waals surface area contributed by atoms with Gasteiger partial charge in [-0.1, -0.05) is 83.1 Å². The molecular weight excluding hydrogens is 817 g/mol. The fraction of sp³-hybridized carbons (Fsp3) is 0.385. The summed E-state index contributed by atoms with van der Waals surface area (Å²) in [5, 5.41) is 0. The number of ketones is 4. The molecule has 0 atom stereocenters. The summed E-state index contributed by atoms with van der Waals surface area (Å²) in [5.41, 5.74) is -3.73. The Labute approximate surface area is 374 Å². The fourth-order valence-electron chi connectivity index (χ4n) is 7.19. The van der Waals surface area contributed by atoms with Crippen molar-refractivity contribution in [2.75, 3.05) is 0 Å². The normalized spacial score (nSPS) is 13.4. The first kappa shape index (κ1) is 48.5. The number of ether oxygens (including phenoxy) is 4. The van der Waals surface area contributed by atoms with Gasteiger partial charge in [-0.3, -0.25) is 38.4 Å². The van der Waals surface area contributed by atoms with Gasteiger partial charge in [-0.05, 0) is 92.4 Å². The lowest BCUT2D eigenvalue weighted by Gasteiger charge is -2.27. The van der Waals surface area contributed by atoms with E-state index in [1.807, 2.05) is 83.1 Å². The first-order valence-electron chi connectivity index (χ1n) is 20.9. The molecule has 0 amide bonds. The number of esters is 4. The monoisotopic (exact) mass is 872 g/mol. The van der Waals surface area contributed by atoms with Crippen LogP contribution in [0.3, 0.4) is 0 Å².